The Bertz CT molecular complexity index is 680. The third-order valence-electron chi connectivity index (χ3n) is 6.51. The number of amides is 3. The first-order valence-corrected chi connectivity index (χ1v) is 9.72. The van der Waals surface area contributed by atoms with E-state index in [1.165, 1.54) is 17.7 Å². The summed E-state index contributed by atoms with van der Waals surface area (Å²) >= 11 is 0. The zero-order valence-electron chi connectivity index (χ0n) is 15.5. The summed E-state index contributed by atoms with van der Waals surface area (Å²) in [6.45, 7) is 3.20. The number of rotatable bonds is 4. The molecule has 4 rings (SSSR count). The second kappa shape index (κ2) is 7.02. The molecule has 0 aromatic carbocycles. The number of imide groups is 1. The van der Waals surface area contributed by atoms with Crippen molar-refractivity contribution in [1.82, 2.24) is 19.6 Å². The van der Waals surface area contributed by atoms with E-state index in [-0.39, 0.29) is 17.4 Å². The highest BCUT2D eigenvalue weighted by Crippen LogP contribution is 2.50. The highest BCUT2D eigenvalue weighted by Gasteiger charge is 2.46. The van der Waals surface area contributed by atoms with E-state index in [0.717, 1.165) is 38.0 Å². The predicted molar refractivity (Wildman–Crippen MR) is 95.2 cm³/mol. The van der Waals surface area contributed by atoms with Gasteiger partial charge in [-0.15, -0.1) is 0 Å². The summed E-state index contributed by atoms with van der Waals surface area (Å²) in [4.78, 5) is 28.8. The fourth-order valence-corrected chi connectivity index (χ4v) is 4.99. The van der Waals surface area contributed by atoms with Crippen LogP contribution in [0.4, 0.5) is 4.79 Å². The summed E-state index contributed by atoms with van der Waals surface area (Å²) in [6.07, 6.45) is 9.75. The Kier molecular flexibility index (Phi) is 4.73. The van der Waals surface area contributed by atoms with E-state index in [2.05, 4.69) is 5.10 Å². The fraction of sp³-hybridized carbons (Fsp3) is 0.737. The number of carbonyl (C=O) groups is 2. The van der Waals surface area contributed by atoms with Gasteiger partial charge in [-0.25, -0.2) is 4.79 Å². The number of carbonyl (C=O) groups excluding carboxylic acids is 2. The second-order valence-electron chi connectivity index (χ2n) is 8.04. The summed E-state index contributed by atoms with van der Waals surface area (Å²) < 4.78 is 7.29. The minimum Gasteiger partial charge on any atom is -0.381 e. The molecule has 1 atom stereocenters. The molecule has 26 heavy (non-hydrogen) atoms. The average Bonchev–Trinajstić information content (AvgIpc) is 3.21. The van der Waals surface area contributed by atoms with E-state index < -0.39 is 0 Å². The van der Waals surface area contributed by atoms with Gasteiger partial charge in [-0.1, -0.05) is 6.42 Å². The van der Waals surface area contributed by atoms with E-state index in [1.54, 1.807) is 15.8 Å². The van der Waals surface area contributed by atoms with Crippen molar-refractivity contribution in [3.05, 3.63) is 18.0 Å². The minimum atomic E-state index is -0.140. The lowest BCUT2D eigenvalue weighted by Gasteiger charge is -2.42. The van der Waals surface area contributed by atoms with Crippen LogP contribution in [0.5, 0.6) is 0 Å². The molecule has 1 unspecified atom stereocenters. The summed E-state index contributed by atoms with van der Waals surface area (Å²) in [5.74, 6) is 0.393. The number of aryl methyl sites for hydroxylation is 1. The SMILES string of the molecule is Cn1cc(CN2CCC(=O)N(CC3CCCC34CCOCC4)C2=O)cn1. The van der Waals surface area contributed by atoms with Gasteiger partial charge in [0.25, 0.3) is 0 Å². The number of urea groups is 1. The molecule has 1 aromatic heterocycles. The Hall–Kier alpha value is -1.89. The van der Waals surface area contributed by atoms with Crippen LogP contribution in [0.15, 0.2) is 12.4 Å². The van der Waals surface area contributed by atoms with E-state index >= 15 is 0 Å². The Labute approximate surface area is 154 Å². The van der Waals surface area contributed by atoms with Gasteiger partial charge >= 0.3 is 6.03 Å². The molecule has 3 heterocycles. The lowest BCUT2D eigenvalue weighted by molar-refractivity contribution is -0.132. The molecular formula is C19H28N4O3. The maximum atomic E-state index is 13.0. The topological polar surface area (TPSA) is 67.7 Å². The van der Waals surface area contributed by atoms with Crippen LogP contribution >= 0.6 is 0 Å². The first kappa shape index (κ1) is 17.5. The van der Waals surface area contributed by atoms with Gasteiger partial charge in [-0.05, 0) is 37.0 Å². The van der Waals surface area contributed by atoms with Crippen LogP contribution in [0.25, 0.3) is 0 Å². The molecule has 1 aromatic rings. The molecule has 0 radical (unpaired) electrons. The van der Waals surface area contributed by atoms with Crippen molar-refractivity contribution in [2.24, 2.45) is 18.4 Å². The zero-order valence-corrected chi connectivity index (χ0v) is 15.5. The molecule has 0 N–H and O–H groups in total. The fourth-order valence-electron chi connectivity index (χ4n) is 4.99. The number of ether oxygens (including phenoxy) is 1. The van der Waals surface area contributed by atoms with Gasteiger partial charge in [-0.2, -0.15) is 5.10 Å². The molecule has 3 fully saturated rings. The molecule has 7 nitrogen and oxygen atoms in total. The van der Waals surface area contributed by atoms with Crippen molar-refractivity contribution in [1.29, 1.82) is 0 Å². The number of nitrogens with zero attached hydrogens (tertiary/aromatic N) is 4. The first-order valence-electron chi connectivity index (χ1n) is 9.72. The van der Waals surface area contributed by atoms with Gasteiger partial charge in [-0.3, -0.25) is 14.4 Å². The zero-order chi connectivity index (χ0) is 18.1. The Morgan fingerprint density at radius 3 is 2.81 bits per heavy atom. The number of aromatic nitrogens is 2. The third-order valence-corrected chi connectivity index (χ3v) is 6.51. The summed E-state index contributed by atoms with van der Waals surface area (Å²) in [5, 5.41) is 4.17. The Morgan fingerprint density at radius 1 is 1.27 bits per heavy atom. The van der Waals surface area contributed by atoms with Crippen LogP contribution < -0.4 is 0 Å². The number of hydrogen-bond acceptors (Lipinski definition) is 4. The highest BCUT2D eigenvalue weighted by atomic mass is 16.5. The quantitative estimate of drug-likeness (QED) is 0.825. The molecule has 142 valence electrons. The predicted octanol–water partition coefficient (Wildman–Crippen LogP) is 2.17. The van der Waals surface area contributed by atoms with Crippen molar-refractivity contribution in [2.75, 3.05) is 26.3 Å². The van der Waals surface area contributed by atoms with Crippen LogP contribution in [-0.4, -0.2) is 57.8 Å². The summed E-state index contributed by atoms with van der Waals surface area (Å²) in [7, 11) is 1.87. The summed E-state index contributed by atoms with van der Waals surface area (Å²) in [5.41, 5.74) is 1.27. The van der Waals surface area contributed by atoms with Gasteiger partial charge in [0.2, 0.25) is 5.91 Å². The van der Waals surface area contributed by atoms with Crippen molar-refractivity contribution in [3.63, 3.8) is 0 Å². The maximum absolute atomic E-state index is 13.0. The van der Waals surface area contributed by atoms with Gasteiger partial charge in [0, 0.05) is 51.5 Å². The van der Waals surface area contributed by atoms with Crippen LogP contribution in [-0.2, 0) is 23.1 Å². The molecule has 3 aliphatic rings. The van der Waals surface area contributed by atoms with Gasteiger partial charge in [0.05, 0.1) is 12.7 Å². The lowest BCUT2D eigenvalue weighted by atomic mass is 9.71. The molecule has 0 bridgehead atoms. The van der Waals surface area contributed by atoms with Crippen LogP contribution in [0.3, 0.4) is 0 Å². The van der Waals surface area contributed by atoms with Gasteiger partial charge in [0.15, 0.2) is 0 Å². The second-order valence-corrected chi connectivity index (χ2v) is 8.04. The first-order chi connectivity index (χ1) is 12.6. The maximum Gasteiger partial charge on any atom is 0.327 e. The lowest BCUT2D eigenvalue weighted by Crippen LogP contribution is -2.54. The van der Waals surface area contributed by atoms with Crippen LogP contribution in [0, 0.1) is 11.3 Å². The van der Waals surface area contributed by atoms with Crippen molar-refractivity contribution in [2.45, 2.75) is 45.1 Å². The van der Waals surface area contributed by atoms with Gasteiger partial charge in [0.1, 0.15) is 0 Å². The molecule has 3 amide bonds. The highest BCUT2D eigenvalue weighted by molar-refractivity contribution is 5.96. The molecule has 2 saturated heterocycles. The standard InChI is InChI=1S/C19H28N4O3/c1-21-12-15(11-20-21)13-22-8-4-17(24)23(18(22)25)14-16-3-2-5-19(16)6-9-26-10-7-19/h11-12,16H,2-10,13-14H2,1H3. The van der Waals surface area contributed by atoms with E-state index in [4.69, 9.17) is 4.74 Å². The largest absolute Gasteiger partial charge is 0.381 e. The normalized spacial score (nSPS) is 26.1. The third kappa shape index (κ3) is 3.24. The van der Waals surface area contributed by atoms with E-state index in [9.17, 15) is 9.59 Å². The Balaban J connectivity index is 1.46. The van der Waals surface area contributed by atoms with Crippen molar-refractivity contribution >= 4 is 11.9 Å². The van der Waals surface area contributed by atoms with Gasteiger partial charge < -0.3 is 9.64 Å². The summed E-state index contributed by atoms with van der Waals surface area (Å²) in [6, 6.07) is -0.140. The molecule has 1 spiro atoms. The van der Waals surface area contributed by atoms with Crippen LogP contribution in [0.1, 0.15) is 44.1 Å². The molecule has 2 aliphatic heterocycles. The van der Waals surface area contributed by atoms with Crippen LogP contribution in [0.2, 0.25) is 0 Å². The average molecular weight is 360 g/mol. The van der Waals surface area contributed by atoms with E-state index in [0.29, 0.717) is 32.0 Å². The molecule has 1 aliphatic carbocycles. The molecule has 7 heteroatoms. The van der Waals surface area contributed by atoms with Crippen molar-refractivity contribution in [3.8, 4) is 0 Å². The molecular weight excluding hydrogens is 332 g/mol. The van der Waals surface area contributed by atoms with E-state index in [1.807, 2.05) is 13.2 Å². The minimum absolute atomic E-state index is 0.0217. The number of hydrogen-bond donors (Lipinski definition) is 0. The van der Waals surface area contributed by atoms with Crippen molar-refractivity contribution < 1.29 is 14.3 Å². The monoisotopic (exact) mass is 360 g/mol. The Morgan fingerprint density at radius 2 is 2.08 bits per heavy atom. The smallest absolute Gasteiger partial charge is 0.327 e. The molecule has 1 saturated carbocycles.